The summed E-state index contributed by atoms with van der Waals surface area (Å²) in [5.41, 5.74) is 1.48. The van der Waals surface area contributed by atoms with Gasteiger partial charge in [0.25, 0.3) is 5.91 Å². The summed E-state index contributed by atoms with van der Waals surface area (Å²) in [5, 5.41) is 5.31. The monoisotopic (exact) mass is 397 g/mol. The Hall–Kier alpha value is -2.93. The number of hydrogen-bond donors (Lipinski definition) is 2. The van der Waals surface area contributed by atoms with Gasteiger partial charge >= 0.3 is 0 Å². The van der Waals surface area contributed by atoms with Crippen LogP contribution in [0.5, 0.6) is 0 Å². The number of hydrogen-bond acceptors (Lipinski definition) is 5. The van der Waals surface area contributed by atoms with Gasteiger partial charge in [-0.25, -0.2) is 0 Å². The molecule has 2 unspecified atom stereocenters. The second kappa shape index (κ2) is 9.52. The van der Waals surface area contributed by atoms with Crippen LogP contribution in [0.4, 0.5) is 0 Å². The Morgan fingerprint density at radius 3 is 2.48 bits per heavy atom. The zero-order chi connectivity index (χ0) is 20.8. The minimum absolute atomic E-state index is 0.0263. The van der Waals surface area contributed by atoms with Gasteiger partial charge in [-0.1, -0.05) is 26.0 Å². The number of imide groups is 1. The van der Waals surface area contributed by atoms with Crippen LogP contribution in [0.2, 0.25) is 0 Å². The number of amides is 3. The van der Waals surface area contributed by atoms with Crippen molar-refractivity contribution in [3.63, 3.8) is 0 Å². The highest BCUT2D eigenvalue weighted by Crippen LogP contribution is 2.21. The van der Waals surface area contributed by atoms with Gasteiger partial charge < -0.3 is 9.73 Å². The van der Waals surface area contributed by atoms with E-state index in [0.717, 1.165) is 24.4 Å². The molecule has 1 aliphatic rings. The Balaban J connectivity index is 1.60. The van der Waals surface area contributed by atoms with Gasteiger partial charge in [0.1, 0.15) is 5.76 Å². The summed E-state index contributed by atoms with van der Waals surface area (Å²) in [7, 11) is 0. The van der Waals surface area contributed by atoms with Gasteiger partial charge in [0.05, 0.1) is 18.2 Å². The number of nitrogens with zero attached hydrogens (tertiary/aromatic N) is 1. The molecule has 2 heterocycles. The second-order valence-corrected chi connectivity index (χ2v) is 7.18. The third kappa shape index (κ3) is 5.12. The van der Waals surface area contributed by atoms with Gasteiger partial charge in [-0.05, 0) is 49.3 Å². The minimum Gasteiger partial charge on any atom is -0.468 e. The summed E-state index contributed by atoms with van der Waals surface area (Å²) in [4.78, 5) is 37.8. The molecule has 0 radical (unpaired) electrons. The highest BCUT2D eigenvalue weighted by Gasteiger charge is 2.30. The molecule has 0 spiro atoms. The maximum atomic E-state index is 12.6. The van der Waals surface area contributed by atoms with Crippen molar-refractivity contribution in [2.24, 2.45) is 5.92 Å². The van der Waals surface area contributed by atoms with E-state index in [-0.39, 0.29) is 36.1 Å². The van der Waals surface area contributed by atoms with Crippen LogP contribution in [0.25, 0.3) is 0 Å². The number of carbonyl (C=O) groups is 3. The molecule has 1 saturated heterocycles. The summed E-state index contributed by atoms with van der Waals surface area (Å²) in [6.07, 6.45) is 2.35. The zero-order valence-corrected chi connectivity index (χ0v) is 16.8. The highest BCUT2D eigenvalue weighted by atomic mass is 16.3. The number of nitrogens with one attached hydrogen (secondary N) is 2. The molecule has 2 atom stereocenters. The second-order valence-electron chi connectivity index (χ2n) is 7.18. The van der Waals surface area contributed by atoms with Crippen LogP contribution in [0.1, 0.15) is 48.0 Å². The minimum atomic E-state index is -0.328. The largest absolute Gasteiger partial charge is 0.468 e. The third-order valence-electron chi connectivity index (χ3n) is 5.34. The van der Waals surface area contributed by atoms with Gasteiger partial charge in [0.2, 0.25) is 11.8 Å². The summed E-state index contributed by atoms with van der Waals surface area (Å²) in [6, 6.07) is 10.9. The molecule has 1 aromatic heterocycles. The smallest absolute Gasteiger partial charge is 0.251 e. The molecular weight excluding hydrogens is 370 g/mol. The van der Waals surface area contributed by atoms with Crippen LogP contribution in [0.15, 0.2) is 47.1 Å². The van der Waals surface area contributed by atoms with Crippen molar-refractivity contribution in [2.75, 3.05) is 19.6 Å². The van der Waals surface area contributed by atoms with Gasteiger partial charge in [0, 0.05) is 18.5 Å². The fraction of sp³-hybridized carbons (Fsp3) is 0.409. The molecule has 1 aliphatic heterocycles. The average molecular weight is 397 g/mol. The molecule has 2 aromatic rings. The van der Waals surface area contributed by atoms with E-state index in [0.29, 0.717) is 18.5 Å². The average Bonchev–Trinajstić information content (AvgIpc) is 3.35. The SMILES string of the molecule is CCN(CC)C(CNC(=O)c1ccc(CC2CC(=O)NC2=O)cc1)c1ccco1. The summed E-state index contributed by atoms with van der Waals surface area (Å²) >= 11 is 0. The van der Waals surface area contributed by atoms with E-state index in [1.54, 1.807) is 18.4 Å². The molecule has 29 heavy (non-hydrogen) atoms. The number of benzene rings is 1. The van der Waals surface area contributed by atoms with Crippen molar-refractivity contribution in [3.05, 3.63) is 59.5 Å². The number of likely N-dealkylation sites (N-methyl/N-ethyl adjacent to an activating group) is 1. The van der Waals surface area contributed by atoms with Crippen LogP contribution in [0.3, 0.4) is 0 Å². The Kier molecular flexibility index (Phi) is 6.82. The van der Waals surface area contributed by atoms with E-state index >= 15 is 0 Å². The fourth-order valence-corrected chi connectivity index (χ4v) is 3.69. The Morgan fingerprint density at radius 2 is 1.93 bits per heavy atom. The molecular formula is C22H27N3O4. The first-order valence-electron chi connectivity index (χ1n) is 10.00. The van der Waals surface area contributed by atoms with Crippen molar-refractivity contribution in [3.8, 4) is 0 Å². The number of rotatable bonds is 9. The third-order valence-corrected chi connectivity index (χ3v) is 5.34. The van der Waals surface area contributed by atoms with E-state index in [1.807, 2.05) is 24.3 Å². The van der Waals surface area contributed by atoms with E-state index in [1.165, 1.54) is 0 Å². The van der Waals surface area contributed by atoms with E-state index in [4.69, 9.17) is 4.42 Å². The number of carbonyl (C=O) groups excluding carboxylic acids is 3. The lowest BCUT2D eigenvalue weighted by molar-refractivity contribution is -0.125. The fourth-order valence-electron chi connectivity index (χ4n) is 3.69. The van der Waals surface area contributed by atoms with Gasteiger partial charge in [0.15, 0.2) is 0 Å². The molecule has 3 amide bonds. The normalized spacial score (nSPS) is 17.4. The predicted octanol–water partition coefficient (Wildman–Crippen LogP) is 2.30. The lowest BCUT2D eigenvalue weighted by Crippen LogP contribution is -2.37. The molecule has 1 aromatic carbocycles. The highest BCUT2D eigenvalue weighted by molar-refractivity contribution is 6.03. The predicted molar refractivity (Wildman–Crippen MR) is 108 cm³/mol. The summed E-state index contributed by atoms with van der Waals surface area (Å²) < 4.78 is 5.56. The Bertz CT molecular complexity index is 841. The zero-order valence-electron chi connectivity index (χ0n) is 16.8. The lowest BCUT2D eigenvalue weighted by Gasteiger charge is -2.28. The van der Waals surface area contributed by atoms with Crippen LogP contribution in [0, 0.1) is 5.92 Å². The molecule has 3 rings (SSSR count). The molecule has 2 N–H and O–H groups in total. The van der Waals surface area contributed by atoms with Crippen molar-refractivity contribution in [1.82, 2.24) is 15.5 Å². The molecule has 0 bridgehead atoms. The molecule has 7 heteroatoms. The molecule has 0 saturated carbocycles. The van der Waals surface area contributed by atoms with Crippen molar-refractivity contribution < 1.29 is 18.8 Å². The van der Waals surface area contributed by atoms with Crippen LogP contribution in [-0.2, 0) is 16.0 Å². The van der Waals surface area contributed by atoms with Crippen LogP contribution >= 0.6 is 0 Å². The maximum Gasteiger partial charge on any atom is 0.251 e. The first-order chi connectivity index (χ1) is 14.0. The summed E-state index contributed by atoms with van der Waals surface area (Å²) in [6.45, 7) is 6.31. The van der Waals surface area contributed by atoms with Gasteiger partial charge in [-0.15, -0.1) is 0 Å². The van der Waals surface area contributed by atoms with E-state index in [9.17, 15) is 14.4 Å². The lowest BCUT2D eigenvalue weighted by atomic mass is 9.97. The molecule has 1 fully saturated rings. The van der Waals surface area contributed by atoms with Crippen molar-refractivity contribution in [1.29, 1.82) is 0 Å². The van der Waals surface area contributed by atoms with E-state index in [2.05, 4.69) is 29.4 Å². The number of furan rings is 1. The van der Waals surface area contributed by atoms with Crippen molar-refractivity contribution in [2.45, 2.75) is 32.7 Å². The Labute approximate surface area is 170 Å². The van der Waals surface area contributed by atoms with Gasteiger partial charge in [-0.3, -0.25) is 24.6 Å². The quantitative estimate of drug-likeness (QED) is 0.634. The standard InChI is InChI=1S/C22H27N3O4/c1-3-25(4-2)18(19-6-5-11-29-19)14-23-21(27)16-9-7-15(8-10-16)12-17-13-20(26)24-22(17)28/h5-11,17-18H,3-4,12-14H2,1-2H3,(H,23,27)(H,24,26,28). The Morgan fingerprint density at radius 1 is 1.21 bits per heavy atom. The van der Waals surface area contributed by atoms with Crippen molar-refractivity contribution >= 4 is 17.7 Å². The molecule has 0 aliphatic carbocycles. The topological polar surface area (TPSA) is 91.7 Å². The van der Waals surface area contributed by atoms with Crippen LogP contribution in [-0.4, -0.2) is 42.3 Å². The molecule has 154 valence electrons. The maximum absolute atomic E-state index is 12.6. The van der Waals surface area contributed by atoms with E-state index < -0.39 is 0 Å². The first-order valence-corrected chi connectivity index (χ1v) is 10.00. The first kappa shape index (κ1) is 20.8. The van der Waals surface area contributed by atoms with Crippen LogP contribution < -0.4 is 10.6 Å². The van der Waals surface area contributed by atoms with Gasteiger partial charge in [-0.2, -0.15) is 0 Å². The molecule has 7 nitrogen and oxygen atoms in total. The summed E-state index contributed by atoms with van der Waals surface area (Å²) in [5.74, 6) is -0.111.